The maximum atomic E-state index is 13.6. The number of aryl methyl sites for hydroxylation is 1. The normalized spacial score (nSPS) is 10.2. The van der Waals surface area contributed by atoms with Crippen LogP contribution in [-0.4, -0.2) is 7.11 Å². The molecule has 1 rings (SSSR count). The Balaban J connectivity index is 3.11. The molecule has 0 amide bonds. The van der Waals surface area contributed by atoms with Crippen LogP contribution in [0.2, 0.25) is 0 Å². The molecule has 0 atom stereocenters. The predicted molar refractivity (Wildman–Crippen MR) is 54.6 cm³/mol. The molecule has 0 aliphatic rings. The van der Waals surface area contributed by atoms with Crippen molar-refractivity contribution in [3.63, 3.8) is 0 Å². The molecule has 1 aromatic carbocycles. The van der Waals surface area contributed by atoms with Crippen molar-refractivity contribution < 1.29 is 9.13 Å². The molecule has 13 heavy (non-hydrogen) atoms. The van der Waals surface area contributed by atoms with Crippen molar-refractivity contribution in [1.82, 2.24) is 0 Å². The van der Waals surface area contributed by atoms with Gasteiger partial charge in [-0.25, -0.2) is 4.39 Å². The average molecular weight is 247 g/mol. The van der Waals surface area contributed by atoms with Crippen molar-refractivity contribution in [2.75, 3.05) is 7.11 Å². The van der Waals surface area contributed by atoms with Gasteiger partial charge in [-0.1, -0.05) is 19.4 Å². The van der Waals surface area contributed by atoms with E-state index >= 15 is 0 Å². The fraction of sp³-hybridized carbons (Fsp3) is 0.400. The molecule has 0 unspecified atom stereocenters. The quantitative estimate of drug-likeness (QED) is 0.793. The first-order valence-electron chi connectivity index (χ1n) is 4.21. The molecule has 0 aliphatic carbocycles. The summed E-state index contributed by atoms with van der Waals surface area (Å²) in [6.07, 6.45) is 1.68. The summed E-state index contributed by atoms with van der Waals surface area (Å²) in [5.74, 6) is 0.0460. The average Bonchev–Trinajstić information content (AvgIpc) is 2.11. The first-order chi connectivity index (χ1) is 6.20. The van der Waals surface area contributed by atoms with Crippen LogP contribution in [0.1, 0.15) is 18.9 Å². The van der Waals surface area contributed by atoms with Crippen molar-refractivity contribution in [2.24, 2.45) is 0 Å². The molecule has 0 N–H and O–H groups in total. The van der Waals surface area contributed by atoms with Gasteiger partial charge in [-0.15, -0.1) is 0 Å². The Kier molecular flexibility index (Phi) is 3.72. The van der Waals surface area contributed by atoms with Crippen LogP contribution in [0.4, 0.5) is 4.39 Å². The highest BCUT2D eigenvalue weighted by Gasteiger charge is 2.11. The Morgan fingerprint density at radius 1 is 1.46 bits per heavy atom. The monoisotopic (exact) mass is 246 g/mol. The third kappa shape index (κ3) is 2.21. The lowest BCUT2D eigenvalue weighted by molar-refractivity contribution is 0.381. The molecule has 72 valence electrons. The lowest BCUT2D eigenvalue weighted by Crippen LogP contribution is -1.95. The molecule has 0 aliphatic heterocycles. The van der Waals surface area contributed by atoms with E-state index in [1.807, 2.05) is 13.0 Å². The second kappa shape index (κ2) is 4.61. The molecule has 0 spiro atoms. The molecular formula is C10H12BrFO. The van der Waals surface area contributed by atoms with Crippen LogP contribution >= 0.6 is 15.9 Å². The Morgan fingerprint density at radius 2 is 2.15 bits per heavy atom. The first-order valence-corrected chi connectivity index (χ1v) is 5.00. The summed E-state index contributed by atoms with van der Waals surface area (Å²) in [6, 6.07) is 3.60. The standard InChI is InChI=1S/C10H12BrFO/c1-3-4-7-5-6-8(11)10(13-2)9(7)12/h5-6H,3-4H2,1-2H3. The second-order valence-corrected chi connectivity index (χ2v) is 3.66. The third-order valence-corrected chi connectivity index (χ3v) is 2.48. The van der Waals surface area contributed by atoms with Crippen LogP contribution in [0.25, 0.3) is 0 Å². The summed E-state index contributed by atoms with van der Waals surface area (Å²) in [4.78, 5) is 0. The Hall–Kier alpha value is -0.570. The molecule has 1 nitrogen and oxygen atoms in total. The zero-order valence-corrected chi connectivity index (χ0v) is 9.32. The van der Waals surface area contributed by atoms with Crippen LogP contribution in [-0.2, 0) is 6.42 Å². The maximum Gasteiger partial charge on any atom is 0.169 e. The van der Waals surface area contributed by atoms with Gasteiger partial charge in [0.15, 0.2) is 11.6 Å². The van der Waals surface area contributed by atoms with Crippen molar-refractivity contribution >= 4 is 15.9 Å². The van der Waals surface area contributed by atoms with E-state index in [0.717, 1.165) is 12.8 Å². The molecule has 0 radical (unpaired) electrons. The van der Waals surface area contributed by atoms with E-state index in [4.69, 9.17) is 4.74 Å². The first kappa shape index (κ1) is 10.5. The molecule has 1 aromatic rings. The Morgan fingerprint density at radius 3 is 2.69 bits per heavy atom. The van der Waals surface area contributed by atoms with E-state index < -0.39 is 0 Å². The zero-order chi connectivity index (χ0) is 9.84. The van der Waals surface area contributed by atoms with Crippen LogP contribution in [0.15, 0.2) is 16.6 Å². The smallest absolute Gasteiger partial charge is 0.169 e. The van der Waals surface area contributed by atoms with Gasteiger partial charge in [-0.3, -0.25) is 0 Å². The minimum absolute atomic E-state index is 0.251. The number of hydrogen-bond donors (Lipinski definition) is 0. The SMILES string of the molecule is CCCc1ccc(Br)c(OC)c1F. The van der Waals surface area contributed by atoms with Crippen molar-refractivity contribution in [3.8, 4) is 5.75 Å². The van der Waals surface area contributed by atoms with E-state index in [1.54, 1.807) is 6.07 Å². The Labute approximate surface area is 86.0 Å². The number of benzene rings is 1. The van der Waals surface area contributed by atoms with Crippen LogP contribution in [0.5, 0.6) is 5.75 Å². The predicted octanol–water partition coefficient (Wildman–Crippen LogP) is 3.55. The lowest BCUT2D eigenvalue weighted by Gasteiger charge is -2.08. The highest BCUT2D eigenvalue weighted by atomic mass is 79.9. The molecule has 0 bridgehead atoms. The summed E-state index contributed by atoms with van der Waals surface area (Å²) < 4.78 is 19.2. The number of methoxy groups -OCH3 is 1. The molecule has 0 saturated heterocycles. The topological polar surface area (TPSA) is 9.23 Å². The molecule has 0 saturated carbocycles. The number of halogens is 2. The van der Waals surface area contributed by atoms with Gasteiger partial charge < -0.3 is 4.74 Å². The number of hydrogen-bond acceptors (Lipinski definition) is 1. The fourth-order valence-corrected chi connectivity index (χ4v) is 1.69. The highest BCUT2D eigenvalue weighted by molar-refractivity contribution is 9.10. The van der Waals surface area contributed by atoms with E-state index in [1.165, 1.54) is 7.11 Å². The fourth-order valence-electron chi connectivity index (χ4n) is 1.22. The largest absolute Gasteiger partial charge is 0.492 e. The molecular weight excluding hydrogens is 235 g/mol. The minimum atomic E-state index is -0.251. The van der Waals surface area contributed by atoms with E-state index in [2.05, 4.69) is 15.9 Å². The van der Waals surface area contributed by atoms with Crippen molar-refractivity contribution in [1.29, 1.82) is 0 Å². The van der Waals surface area contributed by atoms with Gasteiger partial charge in [0.2, 0.25) is 0 Å². The molecule has 3 heteroatoms. The summed E-state index contributed by atoms with van der Waals surface area (Å²) in [5, 5.41) is 0. The second-order valence-electron chi connectivity index (χ2n) is 2.80. The number of ether oxygens (including phenoxy) is 1. The van der Waals surface area contributed by atoms with E-state index in [9.17, 15) is 4.39 Å². The summed E-state index contributed by atoms with van der Waals surface area (Å²) in [7, 11) is 1.47. The minimum Gasteiger partial charge on any atom is -0.492 e. The highest BCUT2D eigenvalue weighted by Crippen LogP contribution is 2.30. The van der Waals surface area contributed by atoms with Crippen LogP contribution in [0.3, 0.4) is 0 Å². The number of rotatable bonds is 3. The maximum absolute atomic E-state index is 13.6. The molecule has 0 fully saturated rings. The van der Waals surface area contributed by atoms with Gasteiger partial charge in [0.05, 0.1) is 11.6 Å². The molecule has 0 aromatic heterocycles. The lowest BCUT2D eigenvalue weighted by atomic mass is 10.1. The van der Waals surface area contributed by atoms with E-state index in [-0.39, 0.29) is 5.82 Å². The summed E-state index contributed by atoms with van der Waals surface area (Å²) in [5.41, 5.74) is 0.711. The van der Waals surface area contributed by atoms with Crippen LogP contribution in [0, 0.1) is 5.82 Å². The van der Waals surface area contributed by atoms with Gasteiger partial charge >= 0.3 is 0 Å². The van der Waals surface area contributed by atoms with Gasteiger partial charge in [-0.2, -0.15) is 0 Å². The van der Waals surface area contributed by atoms with Crippen LogP contribution < -0.4 is 4.74 Å². The van der Waals surface area contributed by atoms with Gasteiger partial charge in [0.1, 0.15) is 0 Å². The van der Waals surface area contributed by atoms with Gasteiger partial charge in [0.25, 0.3) is 0 Å². The van der Waals surface area contributed by atoms with Gasteiger partial charge in [0, 0.05) is 0 Å². The Bertz CT molecular complexity index is 299. The van der Waals surface area contributed by atoms with Crippen molar-refractivity contribution in [2.45, 2.75) is 19.8 Å². The van der Waals surface area contributed by atoms with E-state index in [0.29, 0.717) is 15.8 Å². The van der Waals surface area contributed by atoms with Crippen molar-refractivity contribution in [3.05, 3.63) is 28.0 Å². The summed E-state index contributed by atoms with van der Waals surface area (Å²) >= 11 is 3.23. The third-order valence-electron chi connectivity index (χ3n) is 1.85. The summed E-state index contributed by atoms with van der Waals surface area (Å²) in [6.45, 7) is 2.02. The molecule has 0 heterocycles. The zero-order valence-electron chi connectivity index (χ0n) is 7.73. The van der Waals surface area contributed by atoms with Gasteiger partial charge in [-0.05, 0) is 34.0 Å².